The Morgan fingerprint density at radius 2 is 2.11 bits per heavy atom. The molecule has 5 heteroatoms. The summed E-state index contributed by atoms with van der Waals surface area (Å²) in [4.78, 5) is 0.254. The maximum Gasteiger partial charge on any atom is 0.240 e. The Balaban J connectivity index is 2.11. The molecule has 1 saturated carbocycles. The Labute approximate surface area is 115 Å². The zero-order valence-corrected chi connectivity index (χ0v) is 12.3. The van der Waals surface area contributed by atoms with Crippen LogP contribution in [0.4, 0.5) is 5.69 Å². The molecule has 1 atom stereocenters. The molecule has 4 nitrogen and oxygen atoms in total. The molecule has 3 N–H and O–H groups in total. The molecular formula is C14H22N2O2S. The van der Waals surface area contributed by atoms with Crippen LogP contribution in [0.2, 0.25) is 0 Å². The van der Waals surface area contributed by atoms with Gasteiger partial charge >= 0.3 is 0 Å². The minimum atomic E-state index is -3.45. The summed E-state index contributed by atoms with van der Waals surface area (Å²) < 4.78 is 27.2. The van der Waals surface area contributed by atoms with Crippen molar-refractivity contribution in [3.8, 4) is 0 Å². The summed E-state index contributed by atoms with van der Waals surface area (Å²) in [5.74, 6) is 0.699. The molecule has 1 unspecified atom stereocenters. The van der Waals surface area contributed by atoms with Gasteiger partial charge in [0.1, 0.15) is 0 Å². The van der Waals surface area contributed by atoms with Gasteiger partial charge in [0.2, 0.25) is 10.0 Å². The first-order valence-corrected chi connectivity index (χ1v) is 8.31. The van der Waals surface area contributed by atoms with Crippen LogP contribution in [0.3, 0.4) is 0 Å². The van der Waals surface area contributed by atoms with Crippen LogP contribution < -0.4 is 10.5 Å². The number of nitrogens with one attached hydrogen (secondary N) is 1. The molecule has 0 saturated heterocycles. The van der Waals surface area contributed by atoms with Crippen molar-refractivity contribution in [1.29, 1.82) is 0 Å². The van der Waals surface area contributed by atoms with Crippen molar-refractivity contribution >= 4 is 15.7 Å². The number of anilines is 1. The highest BCUT2D eigenvalue weighted by atomic mass is 32.2. The molecule has 1 aromatic carbocycles. The van der Waals surface area contributed by atoms with Gasteiger partial charge in [-0.2, -0.15) is 0 Å². The molecule has 19 heavy (non-hydrogen) atoms. The molecule has 0 aromatic heterocycles. The minimum absolute atomic E-state index is 0.0235. The lowest BCUT2D eigenvalue weighted by molar-refractivity contribution is 0.530. The van der Waals surface area contributed by atoms with Gasteiger partial charge in [-0.15, -0.1) is 0 Å². The molecule has 1 fully saturated rings. The highest BCUT2D eigenvalue weighted by Gasteiger charge is 2.26. The van der Waals surface area contributed by atoms with Crippen LogP contribution in [0.1, 0.15) is 38.7 Å². The topological polar surface area (TPSA) is 72.2 Å². The summed E-state index contributed by atoms with van der Waals surface area (Å²) in [5, 5.41) is 0. The Hall–Kier alpha value is -1.07. The van der Waals surface area contributed by atoms with Crippen LogP contribution in [0.25, 0.3) is 0 Å². The maximum atomic E-state index is 12.2. The molecule has 106 valence electrons. The van der Waals surface area contributed by atoms with E-state index in [4.69, 9.17) is 5.73 Å². The van der Waals surface area contributed by atoms with E-state index in [0.29, 0.717) is 11.6 Å². The lowest BCUT2D eigenvalue weighted by Gasteiger charge is -2.14. The molecule has 0 aliphatic heterocycles. The van der Waals surface area contributed by atoms with E-state index in [1.807, 2.05) is 13.8 Å². The van der Waals surface area contributed by atoms with Crippen LogP contribution in [0, 0.1) is 5.92 Å². The van der Waals surface area contributed by atoms with Crippen LogP contribution in [-0.2, 0) is 16.4 Å². The van der Waals surface area contributed by atoms with Crippen molar-refractivity contribution in [1.82, 2.24) is 4.72 Å². The summed E-state index contributed by atoms with van der Waals surface area (Å²) in [6, 6.07) is 4.94. The Kier molecular flexibility index (Phi) is 4.16. The van der Waals surface area contributed by atoms with E-state index >= 15 is 0 Å². The zero-order chi connectivity index (χ0) is 14.0. The van der Waals surface area contributed by atoms with Crippen molar-refractivity contribution in [2.75, 3.05) is 5.73 Å². The second kappa shape index (κ2) is 5.51. The standard InChI is InChI=1S/C14H22N2O2S/c1-3-12-6-7-13(9-14(12)15)19(17,18)16-10(2)8-11-4-5-11/h6-7,9-11,16H,3-5,8,15H2,1-2H3. The minimum Gasteiger partial charge on any atom is -0.398 e. The van der Waals surface area contributed by atoms with Crippen LogP contribution >= 0.6 is 0 Å². The first kappa shape index (κ1) is 14.3. The van der Waals surface area contributed by atoms with Gasteiger partial charge in [-0.05, 0) is 43.4 Å². The third-order valence-corrected chi connectivity index (χ3v) is 5.14. The number of nitrogen functional groups attached to an aromatic ring is 1. The van der Waals surface area contributed by atoms with Gasteiger partial charge in [-0.25, -0.2) is 13.1 Å². The Bertz CT molecular complexity index is 551. The number of hydrogen-bond acceptors (Lipinski definition) is 3. The zero-order valence-electron chi connectivity index (χ0n) is 11.5. The van der Waals surface area contributed by atoms with Crippen molar-refractivity contribution in [3.63, 3.8) is 0 Å². The predicted octanol–water partition coefficient (Wildman–Crippen LogP) is 2.30. The number of aryl methyl sites for hydroxylation is 1. The van der Waals surface area contributed by atoms with Crippen LogP contribution in [-0.4, -0.2) is 14.5 Å². The average molecular weight is 282 g/mol. The molecular weight excluding hydrogens is 260 g/mol. The van der Waals surface area contributed by atoms with E-state index in [2.05, 4.69) is 4.72 Å². The molecule has 0 radical (unpaired) electrons. The Morgan fingerprint density at radius 3 is 2.63 bits per heavy atom. The van der Waals surface area contributed by atoms with Crippen LogP contribution in [0.15, 0.2) is 23.1 Å². The number of hydrogen-bond donors (Lipinski definition) is 2. The summed E-state index contributed by atoms with van der Waals surface area (Å²) in [6.07, 6.45) is 4.17. The molecule has 0 heterocycles. The van der Waals surface area contributed by atoms with Gasteiger partial charge in [0.05, 0.1) is 4.90 Å². The third-order valence-electron chi connectivity index (χ3n) is 3.55. The Morgan fingerprint density at radius 1 is 1.42 bits per heavy atom. The van der Waals surface area contributed by atoms with Gasteiger partial charge in [0, 0.05) is 11.7 Å². The van der Waals surface area contributed by atoms with Crippen molar-refractivity contribution in [3.05, 3.63) is 23.8 Å². The first-order chi connectivity index (χ1) is 8.92. The van der Waals surface area contributed by atoms with Gasteiger partial charge in [-0.1, -0.05) is 25.8 Å². The monoisotopic (exact) mass is 282 g/mol. The van der Waals surface area contributed by atoms with Gasteiger partial charge in [0.25, 0.3) is 0 Å². The van der Waals surface area contributed by atoms with Crippen molar-refractivity contribution < 1.29 is 8.42 Å². The fourth-order valence-electron chi connectivity index (χ4n) is 2.30. The molecule has 1 aromatic rings. The van der Waals surface area contributed by atoms with E-state index in [9.17, 15) is 8.42 Å². The third kappa shape index (κ3) is 3.70. The molecule has 1 aliphatic carbocycles. The summed E-state index contributed by atoms with van der Waals surface area (Å²) >= 11 is 0. The SMILES string of the molecule is CCc1ccc(S(=O)(=O)NC(C)CC2CC2)cc1N. The van der Waals surface area contributed by atoms with E-state index in [-0.39, 0.29) is 10.9 Å². The molecule has 0 amide bonds. The quantitative estimate of drug-likeness (QED) is 0.786. The highest BCUT2D eigenvalue weighted by Crippen LogP contribution is 2.33. The molecule has 0 bridgehead atoms. The molecule has 0 spiro atoms. The second-order valence-corrected chi connectivity index (χ2v) is 7.13. The number of nitrogens with two attached hydrogens (primary N) is 1. The number of rotatable bonds is 6. The van der Waals surface area contributed by atoms with Crippen molar-refractivity contribution in [2.24, 2.45) is 5.92 Å². The summed E-state index contributed by atoms with van der Waals surface area (Å²) in [6.45, 7) is 3.91. The highest BCUT2D eigenvalue weighted by molar-refractivity contribution is 7.89. The van der Waals surface area contributed by atoms with Gasteiger partial charge < -0.3 is 5.73 Å². The second-order valence-electron chi connectivity index (χ2n) is 5.42. The molecule has 1 aliphatic rings. The lowest BCUT2D eigenvalue weighted by atomic mass is 10.1. The number of benzene rings is 1. The molecule has 2 rings (SSSR count). The average Bonchev–Trinajstić information content (AvgIpc) is 3.11. The van der Waals surface area contributed by atoms with E-state index in [0.717, 1.165) is 18.4 Å². The summed E-state index contributed by atoms with van der Waals surface area (Å²) in [7, 11) is -3.45. The summed E-state index contributed by atoms with van der Waals surface area (Å²) in [5.41, 5.74) is 7.38. The fourth-order valence-corrected chi connectivity index (χ4v) is 3.59. The largest absolute Gasteiger partial charge is 0.398 e. The van der Waals surface area contributed by atoms with E-state index in [1.165, 1.54) is 12.8 Å². The lowest BCUT2D eigenvalue weighted by Crippen LogP contribution is -2.33. The maximum absolute atomic E-state index is 12.2. The normalized spacial score (nSPS) is 17.4. The van der Waals surface area contributed by atoms with Gasteiger partial charge in [0.15, 0.2) is 0 Å². The smallest absolute Gasteiger partial charge is 0.240 e. The fraction of sp³-hybridized carbons (Fsp3) is 0.571. The van der Waals surface area contributed by atoms with Crippen LogP contribution in [0.5, 0.6) is 0 Å². The van der Waals surface area contributed by atoms with Gasteiger partial charge in [-0.3, -0.25) is 0 Å². The number of sulfonamides is 1. The van der Waals surface area contributed by atoms with E-state index < -0.39 is 10.0 Å². The van der Waals surface area contributed by atoms with Crippen molar-refractivity contribution in [2.45, 2.75) is 50.5 Å². The first-order valence-electron chi connectivity index (χ1n) is 6.83. The predicted molar refractivity (Wildman–Crippen MR) is 77.4 cm³/mol. The van der Waals surface area contributed by atoms with E-state index in [1.54, 1.807) is 18.2 Å².